The number of likely N-dealkylation sites (tertiary alicyclic amines) is 1. The monoisotopic (exact) mass is 316 g/mol. The van der Waals surface area contributed by atoms with Crippen molar-refractivity contribution in [2.75, 3.05) is 26.2 Å². The van der Waals surface area contributed by atoms with Gasteiger partial charge in [-0.05, 0) is 60.7 Å². The summed E-state index contributed by atoms with van der Waals surface area (Å²) in [5.41, 5.74) is 2.02. The summed E-state index contributed by atoms with van der Waals surface area (Å²) in [6.07, 6.45) is 2.71. The molecule has 22 heavy (non-hydrogen) atoms. The van der Waals surface area contributed by atoms with Crippen molar-refractivity contribution in [3.63, 3.8) is 0 Å². The maximum atomic E-state index is 3.55. The largest absolute Gasteiger partial charge is 0.316 e. The lowest BCUT2D eigenvalue weighted by Crippen LogP contribution is -2.30. The Hall–Kier alpha value is -1.09. The summed E-state index contributed by atoms with van der Waals surface area (Å²) in [7, 11) is 0. The fourth-order valence-corrected chi connectivity index (χ4v) is 4.12. The van der Waals surface area contributed by atoms with Crippen molar-refractivity contribution < 1.29 is 0 Å². The third-order valence-corrected chi connectivity index (χ3v) is 5.60. The Balaban J connectivity index is 0.00000144. The van der Waals surface area contributed by atoms with Crippen LogP contribution < -0.4 is 5.32 Å². The van der Waals surface area contributed by atoms with Crippen LogP contribution in [0.2, 0.25) is 0 Å². The first kappa shape index (κ1) is 15.8. The van der Waals surface area contributed by atoms with Crippen LogP contribution in [-0.4, -0.2) is 31.1 Å². The Morgan fingerprint density at radius 1 is 1.09 bits per heavy atom. The molecule has 2 aliphatic rings. The van der Waals surface area contributed by atoms with Crippen LogP contribution in [0.1, 0.15) is 31.4 Å². The van der Waals surface area contributed by atoms with E-state index < -0.39 is 0 Å². The molecule has 0 saturated carbocycles. The van der Waals surface area contributed by atoms with Gasteiger partial charge in [0.2, 0.25) is 0 Å². The Labute approximate surface area is 139 Å². The number of hydrogen-bond acceptors (Lipinski definition) is 2. The van der Waals surface area contributed by atoms with Crippen LogP contribution in [0.4, 0.5) is 0 Å². The Bertz CT molecular complexity index is 649. The molecule has 3 heteroatoms. The third-order valence-electron chi connectivity index (χ3n) is 5.60. The maximum Gasteiger partial charge on any atom is 0.0320 e. The molecule has 2 saturated heterocycles. The first-order valence-electron chi connectivity index (χ1n) is 8.19. The lowest BCUT2D eigenvalue weighted by molar-refractivity contribution is 0.224. The number of rotatable bonds is 2. The van der Waals surface area contributed by atoms with E-state index in [1.165, 1.54) is 55.4 Å². The zero-order valence-electron chi connectivity index (χ0n) is 13.2. The molecule has 2 atom stereocenters. The van der Waals surface area contributed by atoms with E-state index in [1.54, 1.807) is 0 Å². The van der Waals surface area contributed by atoms with Crippen molar-refractivity contribution in [2.45, 2.75) is 25.8 Å². The zero-order valence-corrected chi connectivity index (χ0v) is 14.0. The standard InChI is InChI=1S/C19H24N2.ClH/c1-15(21-11-9-19(14-21)8-10-20-13-19)17-7-6-16-4-2-3-5-18(16)12-17;/h2-7,12,15,20H,8-11,13-14H2,1H3;1H. The SMILES string of the molecule is CC(c1ccc2ccccc2c1)N1CCC2(CCNC2)C1.Cl. The number of fused-ring (bicyclic) bond motifs is 1. The molecular formula is C19H25ClN2. The van der Waals surface area contributed by atoms with Gasteiger partial charge >= 0.3 is 0 Å². The second-order valence-electron chi connectivity index (χ2n) is 6.93. The third kappa shape index (κ3) is 2.76. The summed E-state index contributed by atoms with van der Waals surface area (Å²) in [6, 6.07) is 16.1. The molecule has 2 fully saturated rings. The van der Waals surface area contributed by atoms with E-state index in [0.29, 0.717) is 11.5 Å². The Morgan fingerprint density at radius 3 is 2.68 bits per heavy atom. The molecule has 0 bridgehead atoms. The van der Waals surface area contributed by atoms with Crippen LogP contribution in [0.5, 0.6) is 0 Å². The lowest BCUT2D eigenvalue weighted by Gasteiger charge is -2.28. The molecule has 1 spiro atoms. The van der Waals surface area contributed by atoms with Gasteiger partial charge in [0.1, 0.15) is 0 Å². The minimum atomic E-state index is 0. The Kier molecular flexibility index (Phi) is 4.44. The quantitative estimate of drug-likeness (QED) is 0.900. The summed E-state index contributed by atoms with van der Waals surface area (Å²) in [6.45, 7) is 7.29. The molecule has 2 unspecified atom stereocenters. The van der Waals surface area contributed by atoms with E-state index in [0.717, 1.165) is 0 Å². The summed E-state index contributed by atoms with van der Waals surface area (Å²) >= 11 is 0. The first-order valence-corrected chi connectivity index (χ1v) is 8.19. The fraction of sp³-hybridized carbons (Fsp3) is 0.474. The molecule has 118 valence electrons. The van der Waals surface area contributed by atoms with Crippen LogP contribution in [0.25, 0.3) is 10.8 Å². The van der Waals surface area contributed by atoms with E-state index in [9.17, 15) is 0 Å². The van der Waals surface area contributed by atoms with Crippen molar-refractivity contribution in [1.82, 2.24) is 10.2 Å². The number of halogens is 1. The van der Waals surface area contributed by atoms with Crippen molar-refractivity contribution in [1.29, 1.82) is 0 Å². The van der Waals surface area contributed by atoms with Gasteiger partial charge in [0.05, 0.1) is 0 Å². The van der Waals surface area contributed by atoms with Gasteiger partial charge in [-0.25, -0.2) is 0 Å². The number of nitrogens with zero attached hydrogens (tertiary/aromatic N) is 1. The Morgan fingerprint density at radius 2 is 1.91 bits per heavy atom. The molecule has 4 rings (SSSR count). The molecule has 2 heterocycles. The molecule has 0 radical (unpaired) electrons. The zero-order chi connectivity index (χ0) is 14.3. The molecule has 0 aliphatic carbocycles. The van der Waals surface area contributed by atoms with Crippen molar-refractivity contribution in [3.8, 4) is 0 Å². The van der Waals surface area contributed by atoms with Gasteiger partial charge in [-0.3, -0.25) is 4.90 Å². The summed E-state index contributed by atoms with van der Waals surface area (Å²) in [5.74, 6) is 0. The average molecular weight is 317 g/mol. The second-order valence-corrected chi connectivity index (χ2v) is 6.93. The van der Waals surface area contributed by atoms with Gasteiger partial charge in [0.15, 0.2) is 0 Å². The molecule has 0 amide bonds. The highest BCUT2D eigenvalue weighted by atomic mass is 35.5. The van der Waals surface area contributed by atoms with Crippen molar-refractivity contribution >= 4 is 23.2 Å². The highest BCUT2D eigenvalue weighted by Crippen LogP contribution is 2.39. The smallest absolute Gasteiger partial charge is 0.0320 e. The molecule has 2 nitrogen and oxygen atoms in total. The minimum Gasteiger partial charge on any atom is -0.316 e. The van der Waals surface area contributed by atoms with Gasteiger partial charge < -0.3 is 5.32 Å². The van der Waals surface area contributed by atoms with E-state index in [2.05, 4.69) is 59.6 Å². The lowest BCUT2D eigenvalue weighted by atomic mass is 9.86. The normalized spacial score (nSPS) is 26.4. The van der Waals surface area contributed by atoms with Crippen LogP contribution in [0, 0.1) is 5.41 Å². The van der Waals surface area contributed by atoms with Crippen LogP contribution >= 0.6 is 12.4 Å². The van der Waals surface area contributed by atoms with Crippen molar-refractivity contribution in [3.05, 3.63) is 48.0 Å². The highest BCUT2D eigenvalue weighted by molar-refractivity contribution is 5.85. The van der Waals surface area contributed by atoms with Gasteiger partial charge in [-0.2, -0.15) is 0 Å². The number of nitrogens with one attached hydrogen (secondary N) is 1. The first-order chi connectivity index (χ1) is 10.3. The topological polar surface area (TPSA) is 15.3 Å². The minimum absolute atomic E-state index is 0. The van der Waals surface area contributed by atoms with Crippen molar-refractivity contribution in [2.24, 2.45) is 5.41 Å². The van der Waals surface area contributed by atoms with E-state index in [4.69, 9.17) is 0 Å². The van der Waals surface area contributed by atoms with Gasteiger partial charge in [0.25, 0.3) is 0 Å². The second kappa shape index (κ2) is 6.19. The predicted molar refractivity (Wildman–Crippen MR) is 95.7 cm³/mol. The average Bonchev–Trinajstić information content (AvgIpc) is 3.17. The van der Waals surface area contributed by atoms with E-state index >= 15 is 0 Å². The summed E-state index contributed by atoms with van der Waals surface area (Å²) in [5, 5.41) is 6.25. The molecule has 2 aromatic carbocycles. The summed E-state index contributed by atoms with van der Waals surface area (Å²) < 4.78 is 0. The fourth-order valence-electron chi connectivity index (χ4n) is 4.12. The molecular weight excluding hydrogens is 292 g/mol. The van der Waals surface area contributed by atoms with Gasteiger partial charge in [-0.1, -0.05) is 36.4 Å². The molecule has 2 aliphatic heterocycles. The van der Waals surface area contributed by atoms with Gasteiger partial charge in [0, 0.05) is 19.1 Å². The maximum absolute atomic E-state index is 3.55. The van der Waals surface area contributed by atoms with E-state index in [1.807, 2.05) is 0 Å². The predicted octanol–water partition coefficient (Wildman–Crippen LogP) is 4.01. The van der Waals surface area contributed by atoms with Crippen LogP contribution in [-0.2, 0) is 0 Å². The van der Waals surface area contributed by atoms with Crippen LogP contribution in [0.15, 0.2) is 42.5 Å². The number of benzene rings is 2. The highest BCUT2D eigenvalue weighted by Gasteiger charge is 2.41. The van der Waals surface area contributed by atoms with Gasteiger partial charge in [-0.15, -0.1) is 12.4 Å². The number of hydrogen-bond donors (Lipinski definition) is 1. The molecule has 0 aromatic heterocycles. The molecule has 1 N–H and O–H groups in total. The molecule has 2 aromatic rings. The summed E-state index contributed by atoms with van der Waals surface area (Å²) in [4.78, 5) is 2.68. The van der Waals surface area contributed by atoms with E-state index in [-0.39, 0.29) is 12.4 Å². The van der Waals surface area contributed by atoms with Crippen LogP contribution in [0.3, 0.4) is 0 Å².